The van der Waals surface area contributed by atoms with Gasteiger partial charge in [-0.2, -0.15) is 10.2 Å². The monoisotopic (exact) mass is 302 g/mol. The van der Waals surface area contributed by atoms with Crippen LogP contribution in [-0.4, -0.2) is 40.6 Å². The van der Waals surface area contributed by atoms with Crippen LogP contribution in [0.2, 0.25) is 0 Å². The molecule has 2 heterocycles. The Morgan fingerprint density at radius 3 is 2.59 bits per heavy atom. The second kappa shape index (κ2) is 6.60. The quantitative estimate of drug-likeness (QED) is 0.783. The minimum absolute atomic E-state index is 0.0518. The van der Waals surface area contributed by atoms with Crippen molar-refractivity contribution in [3.8, 4) is 5.88 Å². The SMILES string of the molecule is COc1c(/C=C/C=C/CC2C(=O)N(C)N=C2C)c(C)nn1C. The van der Waals surface area contributed by atoms with Gasteiger partial charge in [0.05, 0.1) is 24.3 Å². The number of amides is 1. The third kappa shape index (κ3) is 3.10. The molecule has 0 aliphatic carbocycles. The molecule has 0 aromatic carbocycles. The van der Waals surface area contributed by atoms with Crippen LogP contribution in [0.1, 0.15) is 24.6 Å². The molecule has 1 aliphatic rings. The summed E-state index contributed by atoms with van der Waals surface area (Å²) < 4.78 is 7.05. The predicted molar refractivity (Wildman–Crippen MR) is 86.7 cm³/mol. The molecule has 0 fully saturated rings. The first-order chi connectivity index (χ1) is 10.5. The van der Waals surface area contributed by atoms with E-state index in [1.165, 1.54) is 5.01 Å². The molecule has 6 nitrogen and oxygen atoms in total. The summed E-state index contributed by atoms with van der Waals surface area (Å²) in [6.07, 6.45) is 8.47. The van der Waals surface area contributed by atoms with E-state index in [1.807, 2.05) is 45.2 Å². The van der Waals surface area contributed by atoms with E-state index in [0.717, 1.165) is 22.8 Å². The second-order valence-corrected chi connectivity index (χ2v) is 5.31. The highest BCUT2D eigenvalue weighted by Crippen LogP contribution is 2.22. The predicted octanol–water partition coefficient (Wildman–Crippen LogP) is 2.16. The van der Waals surface area contributed by atoms with E-state index in [1.54, 1.807) is 18.8 Å². The summed E-state index contributed by atoms with van der Waals surface area (Å²) in [5.41, 5.74) is 2.74. The van der Waals surface area contributed by atoms with Crippen molar-refractivity contribution in [2.45, 2.75) is 20.3 Å². The van der Waals surface area contributed by atoms with Crippen LogP contribution >= 0.6 is 0 Å². The molecule has 22 heavy (non-hydrogen) atoms. The summed E-state index contributed by atoms with van der Waals surface area (Å²) >= 11 is 0. The van der Waals surface area contributed by atoms with E-state index >= 15 is 0 Å². The molecule has 1 atom stereocenters. The van der Waals surface area contributed by atoms with Crippen molar-refractivity contribution < 1.29 is 9.53 Å². The first-order valence-electron chi connectivity index (χ1n) is 7.19. The van der Waals surface area contributed by atoms with E-state index < -0.39 is 0 Å². The fourth-order valence-corrected chi connectivity index (χ4v) is 2.56. The van der Waals surface area contributed by atoms with Crippen molar-refractivity contribution in [3.05, 3.63) is 29.5 Å². The maximum atomic E-state index is 11.9. The average molecular weight is 302 g/mol. The van der Waals surface area contributed by atoms with Gasteiger partial charge in [0, 0.05) is 19.8 Å². The molecule has 0 radical (unpaired) electrons. The van der Waals surface area contributed by atoms with Crippen LogP contribution in [0, 0.1) is 12.8 Å². The lowest BCUT2D eigenvalue weighted by Gasteiger charge is -2.06. The molecular weight excluding hydrogens is 280 g/mol. The lowest BCUT2D eigenvalue weighted by atomic mass is 10.0. The number of aryl methyl sites for hydroxylation is 2. The van der Waals surface area contributed by atoms with Gasteiger partial charge >= 0.3 is 0 Å². The van der Waals surface area contributed by atoms with E-state index in [0.29, 0.717) is 6.42 Å². The zero-order valence-electron chi connectivity index (χ0n) is 13.7. The van der Waals surface area contributed by atoms with E-state index in [4.69, 9.17) is 4.74 Å². The third-order valence-electron chi connectivity index (χ3n) is 3.72. The molecule has 0 bridgehead atoms. The van der Waals surface area contributed by atoms with Gasteiger partial charge in [-0.1, -0.05) is 18.2 Å². The molecule has 0 spiro atoms. The number of rotatable bonds is 5. The highest BCUT2D eigenvalue weighted by Gasteiger charge is 2.29. The molecule has 0 saturated heterocycles. The molecular formula is C16H22N4O2. The van der Waals surface area contributed by atoms with Gasteiger partial charge in [0.2, 0.25) is 5.88 Å². The van der Waals surface area contributed by atoms with Crippen molar-refractivity contribution in [1.29, 1.82) is 0 Å². The van der Waals surface area contributed by atoms with E-state index in [9.17, 15) is 4.79 Å². The van der Waals surface area contributed by atoms with Crippen molar-refractivity contribution in [2.75, 3.05) is 14.2 Å². The Morgan fingerprint density at radius 2 is 2.00 bits per heavy atom. The van der Waals surface area contributed by atoms with Crippen molar-refractivity contribution in [1.82, 2.24) is 14.8 Å². The summed E-state index contributed by atoms with van der Waals surface area (Å²) in [4.78, 5) is 11.9. The number of carbonyl (C=O) groups is 1. The molecule has 2 rings (SSSR count). The normalized spacial score (nSPS) is 18.8. The number of allylic oxidation sites excluding steroid dienone is 3. The van der Waals surface area contributed by atoms with Gasteiger partial charge in [0.25, 0.3) is 5.91 Å². The Hall–Kier alpha value is -2.37. The van der Waals surface area contributed by atoms with Gasteiger partial charge in [-0.15, -0.1) is 0 Å². The summed E-state index contributed by atoms with van der Waals surface area (Å²) in [6.45, 7) is 3.83. The Balaban J connectivity index is 1.99. The Kier molecular flexibility index (Phi) is 4.80. The number of carbonyl (C=O) groups excluding carboxylic acids is 1. The highest BCUT2D eigenvalue weighted by molar-refractivity contribution is 6.06. The number of hydrogen-bond acceptors (Lipinski definition) is 4. The molecule has 1 aliphatic heterocycles. The topological polar surface area (TPSA) is 59.7 Å². The van der Waals surface area contributed by atoms with Crippen LogP contribution in [0.3, 0.4) is 0 Å². The first-order valence-corrected chi connectivity index (χ1v) is 7.19. The van der Waals surface area contributed by atoms with E-state index in [2.05, 4.69) is 10.2 Å². The molecule has 0 saturated carbocycles. The number of hydrogen-bond donors (Lipinski definition) is 0. The lowest BCUT2D eigenvalue weighted by Crippen LogP contribution is -2.23. The highest BCUT2D eigenvalue weighted by atomic mass is 16.5. The second-order valence-electron chi connectivity index (χ2n) is 5.31. The largest absolute Gasteiger partial charge is 0.481 e. The Labute approximate surface area is 130 Å². The van der Waals surface area contributed by atoms with Crippen LogP contribution in [0.5, 0.6) is 5.88 Å². The maximum absolute atomic E-state index is 11.9. The molecule has 6 heteroatoms. The van der Waals surface area contributed by atoms with Crippen LogP contribution in [0.15, 0.2) is 23.3 Å². The number of aromatic nitrogens is 2. The number of ether oxygens (including phenoxy) is 1. The van der Waals surface area contributed by atoms with Crippen LogP contribution in [0.25, 0.3) is 6.08 Å². The number of methoxy groups -OCH3 is 1. The fraction of sp³-hybridized carbons (Fsp3) is 0.438. The van der Waals surface area contributed by atoms with Gasteiger partial charge in [-0.3, -0.25) is 4.79 Å². The molecule has 1 amide bonds. The van der Waals surface area contributed by atoms with Crippen molar-refractivity contribution in [3.63, 3.8) is 0 Å². The smallest absolute Gasteiger partial charge is 0.251 e. The maximum Gasteiger partial charge on any atom is 0.251 e. The van der Waals surface area contributed by atoms with Gasteiger partial charge in [0.1, 0.15) is 0 Å². The summed E-state index contributed by atoms with van der Waals surface area (Å²) in [7, 11) is 5.17. The molecule has 1 unspecified atom stereocenters. The molecule has 0 N–H and O–H groups in total. The van der Waals surface area contributed by atoms with Gasteiger partial charge in [-0.25, -0.2) is 9.69 Å². The zero-order chi connectivity index (χ0) is 16.3. The van der Waals surface area contributed by atoms with Crippen molar-refractivity contribution >= 4 is 17.7 Å². The standard InChI is InChI=1S/C16H22N4O2/c1-11-13(15(21)19(3)17-11)9-7-6-8-10-14-12(2)18-20(4)16(14)22-5/h6-8,10,13H,9H2,1-5H3/b7-6+,10-8+. The van der Waals surface area contributed by atoms with Crippen molar-refractivity contribution in [2.24, 2.45) is 18.1 Å². The molecule has 1 aromatic heterocycles. The third-order valence-corrected chi connectivity index (χ3v) is 3.72. The Bertz CT molecular complexity index is 655. The average Bonchev–Trinajstić information content (AvgIpc) is 2.87. The van der Waals surface area contributed by atoms with Gasteiger partial charge < -0.3 is 4.74 Å². The zero-order valence-corrected chi connectivity index (χ0v) is 13.7. The van der Waals surface area contributed by atoms with Gasteiger partial charge in [-0.05, 0) is 26.3 Å². The van der Waals surface area contributed by atoms with Crippen LogP contribution in [-0.2, 0) is 11.8 Å². The first kappa shape index (κ1) is 16.0. The number of hydrazone groups is 1. The van der Waals surface area contributed by atoms with Crippen LogP contribution in [0.4, 0.5) is 0 Å². The minimum atomic E-state index is -0.135. The molecule has 1 aromatic rings. The summed E-state index contributed by atoms with van der Waals surface area (Å²) in [5, 5.41) is 9.89. The Morgan fingerprint density at radius 1 is 1.27 bits per heavy atom. The van der Waals surface area contributed by atoms with Crippen LogP contribution < -0.4 is 4.74 Å². The summed E-state index contributed by atoms with van der Waals surface area (Å²) in [5.74, 6) is 0.651. The van der Waals surface area contributed by atoms with Gasteiger partial charge in [0.15, 0.2) is 0 Å². The van der Waals surface area contributed by atoms with E-state index in [-0.39, 0.29) is 11.8 Å². The molecule has 118 valence electrons. The lowest BCUT2D eigenvalue weighted by molar-refractivity contribution is -0.130. The number of nitrogens with zero attached hydrogens (tertiary/aromatic N) is 4. The minimum Gasteiger partial charge on any atom is -0.481 e. The fourth-order valence-electron chi connectivity index (χ4n) is 2.56. The summed E-state index contributed by atoms with van der Waals surface area (Å²) in [6, 6.07) is 0.